The van der Waals surface area contributed by atoms with Gasteiger partial charge in [-0.1, -0.05) is 18.5 Å². The lowest BCUT2D eigenvalue weighted by Crippen LogP contribution is -2.15. The minimum Gasteiger partial charge on any atom is -0.478 e. The molecule has 0 unspecified atom stereocenters. The van der Waals surface area contributed by atoms with Crippen LogP contribution in [-0.4, -0.2) is 29.3 Å². The van der Waals surface area contributed by atoms with Gasteiger partial charge in [-0.3, -0.25) is 9.40 Å². The summed E-state index contributed by atoms with van der Waals surface area (Å²) in [7, 11) is -2.30. The summed E-state index contributed by atoms with van der Waals surface area (Å²) in [6, 6.07) is 2.32. The summed E-state index contributed by atoms with van der Waals surface area (Å²) in [5.74, 6) is -1.24. The van der Waals surface area contributed by atoms with E-state index in [1.54, 1.807) is 13.2 Å². The van der Waals surface area contributed by atoms with E-state index in [9.17, 15) is 13.2 Å². The maximum absolute atomic E-state index is 12.5. The van der Waals surface area contributed by atoms with Gasteiger partial charge >= 0.3 is 5.97 Å². The zero-order valence-corrected chi connectivity index (χ0v) is 14.4. The maximum Gasteiger partial charge on any atom is 0.336 e. The lowest BCUT2D eigenvalue weighted by atomic mass is 10.1. The number of benzene rings is 1. The minimum absolute atomic E-state index is 0.0761. The Morgan fingerprint density at radius 3 is 2.65 bits per heavy atom. The highest BCUT2D eigenvalue weighted by atomic mass is 35.5. The number of aromatic nitrogens is 2. The Morgan fingerprint density at radius 2 is 2.09 bits per heavy atom. The number of hydrogen-bond acceptors (Lipinski definition) is 4. The molecule has 1 aromatic heterocycles. The lowest BCUT2D eigenvalue weighted by molar-refractivity contribution is 0.0696. The lowest BCUT2D eigenvalue weighted by Gasteiger charge is -2.11. The van der Waals surface area contributed by atoms with Gasteiger partial charge in [0.05, 0.1) is 21.8 Å². The fraction of sp³-hybridized carbons (Fsp3) is 0.286. The second-order valence-electron chi connectivity index (χ2n) is 5.00. The molecular formula is C14H16ClN3O4S. The van der Waals surface area contributed by atoms with E-state index in [4.69, 9.17) is 16.7 Å². The first-order chi connectivity index (χ1) is 10.7. The number of sulfonamides is 1. The van der Waals surface area contributed by atoms with E-state index in [0.29, 0.717) is 23.4 Å². The zero-order chi connectivity index (χ0) is 17.4. The molecule has 0 atom stereocenters. The van der Waals surface area contributed by atoms with Crippen LogP contribution in [0.2, 0.25) is 5.02 Å². The molecule has 2 N–H and O–H groups in total. The Morgan fingerprint density at radius 1 is 1.43 bits per heavy atom. The predicted octanol–water partition coefficient (Wildman–Crippen LogP) is 2.44. The van der Waals surface area contributed by atoms with Crippen LogP contribution in [0.4, 0.5) is 5.69 Å². The summed E-state index contributed by atoms with van der Waals surface area (Å²) in [6.07, 6.45) is 2.10. The molecule has 1 aromatic carbocycles. The monoisotopic (exact) mass is 357 g/mol. The quantitative estimate of drug-likeness (QED) is 0.855. The zero-order valence-electron chi connectivity index (χ0n) is 12.8. The van der Waals surface area contributed by atoms with Crippen LogP contribution < -0.4 is 4.72 Å². The van der Waals surface area contributed by atoms with Crippen molar-refractivity contribution in [2.45, 2.75) is 25.2 Å². The van der Waals surface area contributed by atoms with E-state index in [1.807, 2.05) is 6.92 Å². The molecule has 23 heavy (non-hydrogen) atoms. The first-order valence-corrected chi connectivity index (χ1v) is 8.60. The van der Waals surface area contributed by atoms with Crippen LogP contribution in [0.15, 0.2) is 23.2 Å². The van der Waals surface area contributed by atoms with Crippen molar-refractivity contribution in [3.05, 3.63) is 40.2 Å². The van der Waals surface area contributed by atoms with Gasteiger partial charge in [0.1, 0.15) is 0 Å². The first kappa shape index (κ1) is 17.3. The van der Waals surface area contributed by atoms with Crippen molar-refractivity contribution in [2.24, 2.45) is 7.05 Å². The summed E-state index contributed by atoms with van der Waals surface area (Å²) in [5.41, 5.74) is 1.10. The molecule has 2 rings (SSSR count). The van der Waals surface area contributed by atoms with Crippen LogP contribution in [0, 0.1) is 6.92 Å². The predicted molar refractivity (Wildman–Crippen MR) is 86.5 cm³/mol. The smallest absolute Gasteiger partial charge is 0.336 e. The van der Waals surface area contributed by atoms with E-state index in [0.717, 1.165) is 6.07 Å². The molecule has 0 aliphatic rings. The minimum atomic E-state index is -3.98. The molecule has 9 heteroatoms. The summed E-state index contributed by atoms with van der Waals surface area (Å²) in [5, 5.41) is 13.4. The molecule has 0 aliphatic carbocycles. The Balaban J connectivity index is 2.50. The number of carboxylic acids is 1. The Labute approximate surface area is 138 Å². The van der Waals surface area contributed by atoms with Crippen molar-refractivity contribution in [1.82, 2.24) is 9.78 Å². The van der Waals surface area contributed by atoms with Gasteiger partial charge in [-0.25, -0.2) is 13.2 Å². The summed E-state index contributed by atoms with van der Waals surface area (Å²) in [6.45, 7) is 3.37. The topological polar surface area (TPSA) is 101 Å². The van der Waals surface area contributed by atoms with Gasteiger partial charge in [0.25, 0.3) is 10.0 Å². The van der Waals surface area contributed by atoms with Crippen molar-refractivity contribution >= 4 is 33.3 Å². The second kappa shape index (κ2) is 6.21. The van der Waals surface area contributed by atoms with Crippen molar-refractivity contribution in [3.63, 3.8) is 0 Å². The van der Waals surface area contributed by atoms with Gasteiger partial charge in [0, 0.05) is 18.3 Å². The van der Waals surface area contributed by atoms with Crippen LogP contribution in [0.5, 0.6) is 0 Å². The third-order valence-electron chi connectivity index (χ3n) is 3.34. The standard InChI is InChI=1S/C14H16ClN3O4S/c1-4-12-13(7-18(3)16-12)17-23(21,22)9-5-10(14(19)20)8(2)11(15)6-9/h5-7,17H,4H2,1-3H3,(H,19,20). The molecule has 0 saturated heterocycles. The van der Waals surface area contributed by atoms with Crippen LogP contribution >= 0.6 is 11.6 Å². The Kier molecular flexibility index (Phi) is 4.67. The molecule has 0 fully saturated rings. The number of hydrogen-bond donors (Lipinski definition) is 2. The number of anilines is 1. The molecule has 0 saturated carbocycles. The molecule has 0 amide bonds. The third-order valence-corrected chi connectivity index (χ3v) is 5.08. The van der Waals surface area contributed by atoms with Gasteiger partial charge < -0.3 is 5.11 Å². The molecule has 124 valence electrons. The van der Waals surface area contributed by atoms with Gasteiger partial charge in [-0.15, -0.1) is 0 Å². The van der Waals surface area contributed by atoms with E-state index < -0.39 is 16.0 Å². The van der Waals surface area contributed by atoms with Crippen LogP contribution in [-0.2, 0) is 23.5 Å². The SMILES string of the molecule is CCc1nn(C)cc1NS(=O)(=O)c1cc(Cl)c(C)c(C(=O)O)c1. The Bertz CT molecular complexity index is 874. The highest BCUT2D eigenvalue weighted by molar-refractivity contribution is 7.92. The number of aromatic carboxylic acids is 1. The molecule has 7 nitrogen and oxygen atoms in total. The number of nitrogens with one attached hydrogen (secondary N) is 1. The maximum atomic E-state index is 12.5. The van der Waals surface area contributed by atoms with Gasteiger partial charge in [-0.05, 0) is 31.0 Å². The summed E-state index contributed by atoms with van der Waals surface area (Å²) < 4.78 is 29.0. The molecule has 0 radical (unpaired) electrons. The van der Waals surface area contributed by atoms with Gasteiger partial charge in [0.2, 0.25) is 0 Å². The average Bonchev–Trinajstić information content (AvgIpc) is 2.80. The van der Waals surface area contributed by atoms with E-state index in [1.165, 1.54) is 17.7 Å². The summed E-state index contributed by atoms with van der Waals surface area (Å²) >= 11 is 5.96. The number of carbonyl (C=O) groups is 1. The van der Waals surface area contributed by atoms with Gasteiger partial charge in [-0.2, -0.15) is 5.10 Å². The fourth-order valence-electron chi connectivity index (χ4n) is 2.12. The fourth-order valence-corrected chi connectivity index (χ4v) is 3.52. The molecule has 0 aliphatic heterocycles. The molecule has 0 bridgehead atoms. The van der Waals surface area contributed by atoms with Crippen LogP contribution in [0.3, 0.4) is 0 Å². The van der Waals surface area contributed by atoms with E-state index >= 15 is 0 Å². The van der Waals surface area contributed by atoms with Crippen molar-refractivity contribution < 1.29 is 18.3 Å². The van der Waals surface area contributed by atoms with E-state index in [2.05, 4.69) is 9.82 Å². The van der Waals surface area contributed by atoms with Crippen molar-refractivity contribution in [1.29, 1.82) is 0 Å². The Hall–Kier alpha value is -2.06. The van der Waals surface area contributed by atoms with Crippen molar-refractivity contribution in [3.8, 4) is 0 Å². The number of rotatable bonds is 5. The molecule has 2 aromatic rings. The molecular weight excluding hydrogens is 342 g/mol. The normalized spacial score (nSPS) is 11.5. The number of nitrogens with zero attached hydrogens (tertiary/aromatic N) is 2. The average molecular weight is 358 g/mol. The highest BCUT2D eigenvalue weighted by Gasteiger charge is 2.22. The van der Waals surface area contributed by atoms with Gasteiger partial charge in [0.15, 0.2) is 0 Å². The van der Waals surface area contributed by atoms with Crippen molar-refractivity contribution in [2.75, 3.05) is 4.72 Å². The van der Waals surface area contributed by atoms with Crippen LogP contribution in [0.25, 0.3) is 0 Å². The number of halogens is 1. The molecule has 1 heterocycles. The van der Waals surface area contributed by atoms with E-state index in [-0.39, 0.29) is 15.5 Å². The molecule has 0 spiro atoms. The second-order valence-corrected chi connectivity index (χ2v) is 7.09. The first-order valence-electron chi connectivity index (χ1n) is 6.74. The summed E-state index contributed by atoms with van der Waals surface area (Å²) in [4.78, 5) is 11.0. The number of carboxylic acid groups (broad SMARTS) is 1. The highest BCUT2D eigenvalue weighted by Crippen LogP contribution is 2.26. The third kappa shape index (κ3) is 3.48. The number of aryl methyl sites for hydroxylation is 2. The largest absolute Gasteiger partial charge is 0.478 e. The van der Waals surface area contributed by atoms with Crippen LogP contribution in [0.1, 0.15) is 28.5 Å².